The van der Waals surface area contributed by atoms with Crippen molar-refractivity contribution in [3.05, 3.63) is 85.1 Å². The Morgan fingerprint density at radius 1 is 0.727 bits per heavy atom. The van der Waals surface area contributed by atoms with Crippen LogP contribution < -0.4 is 4.68 Å². The molecule has 1 heterocycles. The van der Waals surface area contributed by atoms with E-state index in [-0.39, 0.29) is 0 Å². The summed E-state index contributed by atoms with van der Waals surface area (Å²) >= 11 is 0. The van der Waals surface area contributed by atoms with Crippen LogP contribution in [0.4, 0.5) is 0 Å². The van der Waals surface area contributed by atoms with Gasteiger partial charge in [-0.05, 0) is 17.7 Å². The molecule has 2 nitrogen and oxygen atoms in total. The van der Waals surface area contributed by atoms with Crippen LogP contribution in [0.3, 0.4) is 0 Å². The number of hydrogen-bond donors (Lipinski definition) is 0. The predicted octanol–water partition coefficient (Wildman–Crippen LogP) is 4.12. The van der Waals surface area contributed by atoms with Crippen molar-refractivity contribution in [2.45, 2.75) is 0 Å². The molecule has 0 N–H and O–H groups in total. The van der Waals surface area contributed by atoms with E-state index in [9.17, 15) is 0 Å². The molecule has 0 amide bonds. The van der Waals surface area contributed by atoms with Crippen molar-refractivity contribution in [3.8, 4) is 16.8 Å². The second kappa shape index (κ2) is 5.15. The van der Waals surface area contributed by atoms with Gasteiger partial charge in [0.2, 0.25) is 5.52 Å². The summed E-state index contributed by atoms with van der Waals surface area (Å²) in [4.78, 5) is 0. The van der Waals surface area contributed by atoms with Gasteiger partial charge in [0.1, 0.15) is 5.69 Å². The summed E-state index contributed by atoms with van der Waals surface area (Å²) in [7, 11) is 2.10. The van der Waals surface area contributed by atoms with Gasteiger partial charge in [-0.2, -0.15) is 0 Å². The number of fused-ring (bicyclic) bond motifs is 1. The minimum atomic E-state index is 1.19. The molecule has 22 heavy (non-hydrogen) atoms. The van der Waals surface area contributed by atoms with Gasteiger partial charge in [-0.25, -0.2) is 0 Å². The van der Waals surface area contributed by atoms with Crippen molar-refractivity contribution in [3.63, 3.8) is 0 Å². The molecule has 106 valence electrons. The maximum Gasteiger partial charge on any atom is 0.238 e. The zero-order valence-electron chi connectivity index (χ0n) is 12.5. The highest BCUT2D eigenvalue weighted by atomic mass is 15.4. The fraction of sp³-hybridized carbons (Fsp3) is 0.0500. The van der Waals surface area contributed by atoms with Crippen LogP contribution in [0.15, 0.2) is 85.1 Å². The second-order valence-electron chi connectivity index (χ2n) is 5.44. The molecule has 4 rings (SSSR count). The maximum atomic E-state index is 2.22. The smallest absolute Gasteiger partial charge is 0.127 e. The molecule has 4 aromatic rings. The number of para-hydroxylation sites is 2. The van der Waals surface area contributed by atoms with E-state index >= 15 is 0 Å². The highest BCUT2D eigenvalue weighted by molar-refractivity contribution is 5.77. The highest BCUT2D eigenvalue weighted by Gasteiger charge is 2.16. The molecule has 2 heteroatoms. The Bertz CT molecular complexity index is 936. The SMILES string of the molecule is C[n+]1c2ccccc2cn1-c1ccccc1-c1ccccc1. The van der Waals surface area contributed by atoms with Crippen molar-refractivity contribution in [2.24, 2.45) is 7.05 Å². The van der Waals surface area contributed by atoms with Crippen LogP contribution in [0, 0.1) is 0 Å². The minimum Gasteiger partial charge on any atom is -0.127 e. The monoisotopic (exact) mass is 285 g/mol. The molecule has 0 aliphatic heterocycles. The van der Waals surface area contributed by atoms with Crippen molar-refractivity contribution in [1.29, 1.82) is 0 Å². The summed E-state index contributed by atoms with van der Waals surface area (Å²) in [6.45, 7) is 0. The van der Waals surface area contributed by atoms with Gasteiger partial charge in [-0.1, -0.05) is 60.7 Å². The van der Waals surface area contributed by atoms with Crippen LogP contribution in [0.1, 0.15) is 0 Å². The number of aromatic nitrogens is 2. The molecule has 0 atom stereocenters. The fourth-order valence-corrected chi connectivity index (χ4v) is 2.99. The molecule has 1 aromatic heterocycles. The first-order valence-electron chi connectivity index (χ1n) is 7.46. The third-order valence-corrected chi connectivity index (χ3v) is 4.11. The molecule has 0 radical (unpaired) electrons. The van der Waals surface area contributed by atoms with Crippen molar-refractivity contribution in [2.75, 3.05) is 0 Å². The summed E-state index contributed by atoms with van der Waals surface area (Å²) < 4.78 is 4.41. The summed E-state index contributed by atoms with van der Waals surface area (Å²) in [5.74, 6) is 0. The lowest BCUT2D eigenvalue weighted by atomic mass is 10.0. The topological polar surface area (TPSA) is 8.81 Å². The average molecular weight is 285 g/mol. The van der Waals surface area contributed by atoms with E-state index in [1.165, 1.54) is 27.7 Å². The van der Waals surface area contributed by atoms with Crippen LogP contribution in [0.25, 0.3) is 27.7 Å². The van der Waals surface area contributed by atoms with E-state index in [0.29, 0.717) is 0 Å². The highest BCUT2D eigenvalue weighted by Crippen LogP contribution is 2.26. The number of nitrogens with zero attached hydrogens (tertiary/aromatic N) is 2. The number of rotatable bonds is 2. The molecule has 0 fully saturated rings. The molecule has 0 spiro atoms. The Kier molecular flexibility index (Phi) is 3.01. The summed E-state index contributed by atoms with van der Waals surface area (Å²) in [6.07, 6.45) is 2.19. The first kappa shape index (κ1) is 12.8. The minimum absolute atomic E-state index is 1.19. The van der Waals surface area contributed by atoms with Crippen molar-refractivity contribution in [1.82, 2.24) is 4.68 Å². The van der Waals surface area contributed by atoms with E-state index in [2.05, 4.69) is 101 Å². The molecular weight excluding hydrogens is 268 g/mol. The fourth-order valence-electron chi connectivity index (χ4n) is 2.99. The Morgan fingerprint density at radius 3 is 2.23 bits per heavy atom. The zero-order valence-corrected chi connectivity index (χ0v) is 12.5. The van der Waals surface area contributed by atoms with Gasteiger partial charge in [0, 0.05) is 11.6 Å². The van der Waals surface area contributed by atoms with Gasteiger partial charge < -0.3 is 0 Å². The normalized spacial score (nSPS) is 11.0. The zero-order chi connectivity index (χ0) is 14.9. The van der Waals surface area contributed by atoms with E-state index in [0.717, 1.165) is 0 Å². The van der Waals surface area contributed by atoms with E-state index < -0.39 is 0 Å². The Morgan fingerprint density at radius 2 is 1.41 bits per heavy atom. The molecule has 3 aromatic carbocycles. The molecular formula is C20H17N2+. The third kappa shape index (κ3) is 2.01. The van der Waals surface area contributed by atoms with E-state index in [1.54, 1.807) is 0 Å². The lowest BCUT2D eigenvalue weighted by Crippen LogP contribution is -2.37. The Balaban J connectivity index is 1.98. The van der Waals surface area contributed by atoms with Gasteiger partial charge in [0.05, 0.1) is 11.6 Å². The Hall–Kier alpha value is -2.87. The summed E-state index contributed by atoms with van der Waals surface area (Å²) in [5.41, 5.74) is 4.88. The number of benzene rings is 3. The summed E-state index contributed by atoms with van der Waals surface area (Å²) in [6, 6.07) is 27.5. The Labute approximate surface area is 129 Å². The number of hydrogen-bond acceptors (Lipinski definition) is 0. The van der Waals surface area contributed by atoms with Crippen molar-refractivity contribution >= 4 is 10.9 Å². The molecule has 0 aliphatic carbocycles. The molecule has 0 bridgehead atoms. The average Bonchev–Trinajstić information content (AvgIpc) is 2.93. The van der Waals surface area contributed by atoms with Gasteiger partial charge in [-0.15, -0.1) is 9.36 Å². The van der Waals surface area contributed by atoms with Crippen LogP contribution in [0.5, 0.6) is 0 Å². The second-order valence-corrected chi connectivity index (χ2v) is 5.44. The van der Waals surface area contributed by atoms with E-state index in [1.807, 2.05) is 0 Å². The van der Waals surface area contributed by atoms with Crippen LogP contribution in [-0.2, 0) is 7.05 Å². The van der Waals surface area contributed by atoms with Gasteiger partial charge in [0.15, 0.2) is 7.05 Å². The third-order valence-electron chi connectivity index (χ3n) is 4.11. The molecule has 0 aliphatic rings. The predicted molar refractivity (Wildman–Crippen MR) is 89.9 cm³/mol. The van der Waals surface area contributed by atoms with Crippen LogP contribution in [-0.4, -0.2) is 4.68 Å². The quantitative estimate of drug-likeness (QED) is 0.490. The molecule has 0 saturated carbocycles. The standard InChI is InChI=1S/C20H17N2/c1-21-19-13-7-5-11-17(19)15-22(21)20-14-8-6-12-18(20)16-9-3-2-4-10-16/h2-15H,1H3/q+1. The van der Waals surface area contributed by atoms with Crippen molar-refractivity contribution < 1.29 is 4.68 Å². The largest absolute Gasteiger partial charge is 0.238 e. The van der Waals surface area contributed by atoms with Gasteiger partial charge in [-0.3, -0.25) is 0 Å². The number of aryl methyl sites for hydroxylation is 1. The summed E-state index contributed by atoms with van der Waals surface area (Å²) in [5, 5.41) is 1.24. The molecule has 0 saturated heterocycles. The first-order valence-corrected chi connectivity index (χ1v) is 7.46. The van der Waals surface area contributed by atoms with Crippen LogP contribution in [0.2, 0.25) is 0 Å². The maximum absolute atomic E-state index is 2.22. The lowest BCUT2D eigenvalue weighted by Gasteiger charge is -2.08. The molecule has 0 unspecified atom stereocenters. The lowest BCUT2D eigenvalue weighted by molar-refractivity contribution is -0.720. The first-order chi connectivity index (χ1) is 10.8. The van der Waals surface area contributed by atoms with Gasteiger partial charge >= 0.3 is 0 Å². The van der Waals surface area contributed by atoms with Crippen LogP contribution >= 0.6 is 0 Å². The van der Waals surface area contributed by atoms with Gasteiger partial charge in [0.25, 0.3) is 0 Å². The van der Waals surface area contributed by atoms with E-state index in [4.69, 9.17) is 0 Å².